The zero-order valence-corrected chi connectivity index (χ0v) is 8.05. The molecular formula is C8H7BrN2O. The van der Waals surface area contributed by atoms with E-state index in [1.165, 1.54) is 7.11 Å². The molecule has 1 aromatic carbocycles. The molecule has 0 aliphatic carbocycles. The van der Waals surface area contributed by atoms with Crippen LogP contribution < -0.4 is 10.5 Å². The summed E-state index contributed by atoms with van der Waals surface area (Å²) in [5.41, 5.74) is 6.67. The van der Waals surface area contributed by atoms with E-state index in [0.717, 1.165) is 0 Å². The molecule has 0 saturated carbocycles. The van der Waals surface area contributed by atoms with Crippen LogP contribution in [0, 0.1) is 11.3 Å². The lowest BCUT2D eigenvalue weighted by atomic mass is 10.2. The lowest BCUT2D eigenvalue weighted by molar-refractivity contribution is 0.416. The number of anilines is 1. The van der Waals surface area contributed by atoms with E-state index in [1.807, 2.05) is 6.07 Å². The minimum absolute atomic E-state index is 0.511. The monoisotopic (exact) mass is 226 g/mol. The third kappa shape index (κ3) is 1.51. The Hall–Kier alpha value is -1.21. The zero-order valence-electron chi connectivity index (χ0n) is 6.47. The van der Waals surface area contributed by atoms with Crippen molar-refractivity contribution >= 4 is 21.6 Å². The molecule has 0 amide bonds. The Labute approximate surface area is 78.9 Å². The number of halogens is 1. The molecule has 0 aromatic heterocycles. The number of nitrogen functional groups attached to an aromatic ring is 1. The summed E-state index contributed by atoms with van der Waals surface area (Å²) in [6, 6.07) is 5.25. The van der Waals surface area contributed by atoms with Crippen LogP contribution in [0.25, 0.3) is 0 Å². The number of hydrogen-bond acceptors (Lipinski definition) is 3. The molecule has 0 bridgehead atoms. The molecular weight excluding hydrogens is 220 g/mol. The third-order valence-corrected chi connectivity index (χ3v) is 2.10. The van der Waals surface area contributed by atoms with E-state index in [1.54, 1.807) is 12.1 Å². The molecule has 3 nitrogen and oxygen atoms in total. The molecule has 0 aliphatic rings. The Morgan fingerprint density at radius 1 is 1.58 bits per heavy atom. The maximum atomic E-state index is 8.61. The van der Waals surface area contributed by atoms with Gasteiger partial charge in [0, 0.05) is 10.5 Å². The van der Waals surface area contributed by atoms with Crippen LogP contribution in [0.5, 0.6) is 5.75 Å². The van der Waals surface area contributed by atoms with Crippen molar-refractivity contribution in [1.29, 1.82) is 5.26 Å². The fourth-order valence-corrected chi connectivity index (χ4v) is 1.27. The molecule has 0 spiro atoms. The minimum atomic E-state index is 0.511. The van der Waals surface area contributed by atoms with Crippen LogP contribution in [-0.2, 0) is 0 Å². The zero-order chi connectivity index (χ0) is 9.14. The summed E-state index contributed by atoms with van der Waals surface area (Å²) in [7, 11) is 1.51. The quantitative estimate of drug-likeness (QED) is 0.745. The summed E-state index contributed by atoms with van der Waals surface area (Å²) in [6.07, 6.45) is 0. The smallest absolute Gasteiger partial charge is 0.144 e. The van der Waals surface area contributed by atoms with E-state index >= 15 is 0 Å². The number of benzene rings is 1. The van der Waals surface area contributed by atoms with Gasteiger partial charge in [-0.2, -0.15) is 5.26 Å². The summed E-state index contributed by atoms with van der Waals surface area (Å²) in [4.78, 5) is 0. The van der Waals surface area contributed by atoms with Crippen molar-refractivity contribution in [3.8, 4) is 11.8 Å². The molecule has 1 rings (SSSR count). The molecule has 62 valence electrons. The van der Waals surface area contributed by atoms with Gasteiger partial charge in [0.2, 0.25) is 0 Å². The fourth-order valence-electron chi connectivity index (χ4n) is 0.826. The van der Waals surface area contributed by atoms with Crippen LogP contribution in [-0.4, -0.2) is 7.11 Å². The van der Waals surface area contributed by atoms with Crippen LogP contribution in [0.1, 0.15) is 5.56 Å². The molecule has 12 heavy (non-hydrogen) atoms. The van der Waals surface area contributed by atoms with Gasteiger partial charge in [-0.1, -0.05) is 0 Å². The topological polar surface area (TPSA) is 59.0 Å². The first-order valence-electron chi connectivity index (χ1n) is 3.22. The standard InChI is InChI=1S/C8H7BrN2O/c1-12-7-3-5(4-10)2-6(9)8(7)11/h2-3H,11H2,1H3. The Morgan fingerprint density at radius 2 is 2.25 bits per heavy atom. The van der Waals surface area contributed by atoms with Crippen LogP contribution in [0.2, 0.25) is 0 Å². The first kappa shape index (κ1) is 8.88. The highest BCUT2D eigenvalue weighted by molar-refractivity contribution is 9.10. The summed E-state index contributed by atoms with van der Waals surface area (Å²) in [5, 5.41) is 8.61. The van der Waals surface area contributed by atoms with Crippen molar-refractivity contribution < 1.29 is 4.74 Å². The fraction of sp³-hybridized carbons (Fsp3) is 0.125. The van der Waals surface area contributed by atoms with Crippen molar-refractivity contribution in [2.45, 2.75) is 0 Å². The van der Waals surface area contributed by atoms with E-state index in [-0.39, 0.29) is 0 Å². The van der Waals surface area contributed by atoms with Gasteiger partial charge in [0.1, 0.15) is 5.75 Å². The maximum Gasteiger partial charge on any atom is 0.144 e. The van der Waals surface area contributed by atoms with Crippen molar-refractivity contribution in [2.75, 3.05) is 12.8 Å². The summed E-state index contributed by atoms with van der Waals surface area (Å²) < 4.78 is 5.64. The molecule has 2 N–H and O–H groups in total. The molecule has 0 heterocycles. The van der Waals surface area contributed by atoms with Gasteiger partial charge in [0.05, 0.1) is 24.4 Å². The van der Waals surface area contributed by atoms with Gasteiger partial charge in [-0.15, -0.1) is 0 Å². The van der Waals surface area contributed by atoms with Crippen molar-refractivity contribution in [3.63, 3.8) is 0 Å². The number of nitrogens with zero attached hydrogens (tertiary/aromatic N) is 1. The molecule has 0 atom stereocenters. The highest BCUT2D eigenvalue weighted by Gasteiger charge is 2.05. The third-order valence-electron chi connectivity index (χ3n) is 1.44. The lowest BCUT2D eigenvalue weighted by Crippen LogP contribution is -1.94. The second-order valence-corrected chi connectivity index (χ2v) is 3.04. The second-order valence-electron chi connectivity index (χ2n) is 2.19. The number of hydrogen-bond donors (Lipinski definition) is 1. The van der Waals surface area contributed by atoms with Gasteiger partial charge in [-0.05, 0) is 22.0 Å². The SMILES string of the molecule is COc1cc(C#N)cc(Br)c1N. The maximum absolute atomic E-state index is 8.61. The molecule has 0 aliphatic heterocycles. The summed E-state index contributed by atoms with van der Waals surface area (Å²) in [5.74, 6) is 0.515. The highest BCUT2D eigenvalue weighted by Crippen LogP contribution is 2.30. The molecule has 0 radical (unpaired) electrons. The molecule has 0 saturated heterocycles. The number of nitrogens with two attached hydrogens (primary N) is 1. The minimum Gasteiger partial charge on any atom is -0.495 e. The van der Waals surface area contributed by atoms with E-state index < -0.39 is 0 Å². The van der Waals surface area contributed by atoms with E-state index in [2.05, 4.69) is 15.9 Å². The largest absolute Gasteiger partial charge is 0.495 e. The van der Waals surface area contributed by atoms with E-state index in [0.29, 0.717) is 21.5 Å². The molecule has 0 unspecified atom stereocenters. The Morgan fingerprint density at radius 3 is 2.75 bits per heavy atom. The van der Waals surface area contributed by atoms with Gasteiger partial charge in [-0.3, -0.25) is 0 Å². The van der Waals surface area contributed by atoms with Crippen molar-refractivity contribution in [3.05, 3.63) is 22.2 Å². The van der Waals surface area contributed by atoms with E-state index in [9.17, 15) is 0 Å². The molecule has 0 fully saturated rings. The lowest BCUT2D eigenvalue weighted by Gasteiger charge is -2.05. The number of rotatable bonds is 1. The van der Waals surface area contributed by atoms with E-state index in [4.69, 9.17) is 15.7 Å². The van der Waals surface area contributed by atoms with Crippen LogP contribution >= 0.6 is 15.9 Å². The molecule has 1 aromatic rings. The number of nitriles is 1. The predicted molar refractivity (Wildman–Crippen MR) is 49.8 cm³/mol. The highest BCUT2D eigenvalue weighted by atomic mass is 79.9. The first-order valence-corrected chi connectivity index (χ1v) is 4.01. The second kappa shape index (κ2) is 3.46. The van der Waals surface area contributed by atoms with Crippen LogP contribution in [0.15, 0.2) is 16.6 Å². The average Bonchev–Trinajstić information content (AvgIpc) is 2.09. The Bertz CT molecular complexity index is 344. The predicted octanol–water partition coefficient (Wildman–Crippen LogP) is 1.91. The van der Waals surface area contributed by atoms with Gasteiger partial charge in [0.25, 0.3) is 0 Å². The van der Waals surface area contributed by atoms with Gasteiger partial charge in [-0.25, -0.2) is 0 Å². The van der Waals surface area contributed by atoms with Gasteiger partial charge < -0.3 is 10.5 Å². The van der Waals surface area contributed by atoms with Crippen LogP contribution in [0.4, 0.5) is 5.69 Å². The average molecular weight is 227 g/mol. The Kier molecular flexibility index (Phi) is 2.56. The first-order chi connectivity index (χ1) is 5.69. The Balaban J connectivity index is 3.31. The van der Waals surface area contributed by atoms with Crippen molar-refractivity contribution in [1.82, 2.24) is 0 Å². The molecule has 4 heteroatoms. The van der Waals surface area contributed by atoms with Crippen LogP contribution in [0.3, 0.4) is 0 Å². The summed E-state index contributed by atoms with van der Waals surface area (Å²) in [6.45, 7) is 0. The van der Waals surface area contributed by atoms with Gasteiger partial charge >= 0.3 is 0 Å². The number of methoxy groups -OCH3 is 1. The van der Waals surface area contributed by atoms with Crippen molar-refractivity contribution in [2.24, 2.45) is 0 Å². The van der Waals surface area contributed by atoms with Gasteiger partial charge in [0.15, 0.2) is 0 Å². The normalized spacial score (nSPS) is 9.08. The number of ether oxygens (including phenoxy) is 1. The summed E-state index contributed by atoms with van der Waals surface area (Å²) >= 11 is 3.22.